The maximum Gasteiger partial charge on any atom is 0.271 e. The molecule has 14 heteroatoms. The minimum Gasteiger partial charge on any atom is -0.507 e. The fraction of sp³-hybridized carbons (Fsp3) is 0.333. The van der Waals surface area contributed by atoms with Crippen molar-refractivity contribution in [2.24, 2.45) is 10.8 Å². The lowest BCUT2D eigenvalue weighted by molar-refractivity contribution is -0.245. The van der Waals surface area contributed by atoms with Gasteiger partial charge in [-0.25, -0.2) is 5.43 Å². The number of phenols is 3. The van der Waals surface area contributed by atoms with Crippen LogP contribution in [0.15, 0.2) is 53.6 Å². The molecule has 6 rings (SSSR count). The highest BCUT2D eigenvalue weighted by Gasteiger charge is 2.49. The summed E-state index contributed by atoms with van der Waals surface area (Å²) in [7, 11) is 0. The molecule has 2 aliphatic carbocycles. The molecule has 248 valence electrons. The molecule has 0 bridgehead atoms. The van der Waals surface area contributed by atoms with E-state index < -0.39 is 82.1 Å². The Labute approximate surface area is 275 Å². The van der Waals surface area contributed by atoms with Crippen LogP contribution in [-0.2, 0) is 15.9 Å². The summed E-state index contributed by atoms with van der Waals surface area (Å²) >= 11 is 0. The largest absolute Gasteiger partial charge is 0.507 e. The predicted octanol–water partition coefficient (Wildman–Crippen LogP) is 2.36. The zero-order valence-corrected chi connectivity index (χ0v) is 26.2. The summed E-state index contributed by atoms with van der Waals surface area (Å²) in [5, 5.41) is 60.1. The first-order valence-electron chi connectivity index (χ1n) is 14.7. The number of aliphatic hydroxyl groups is 2. The molecule has 1 aliphatic heterocycles. The van der Waals surface area contributed by atoms with Crippen molar-refractivity contribution in [2.45, 2.75) is 69.4 Å². The molecule has 1 amide bonds. The molecule has 47 heavy (non-hydrogen) atoms. The number of ketones is 2. The molecule has 1 fully saturated rings. The fourth-order valence-corrected chi connectivity index (χ4v) is 6.40. The van der Waals surface area contributed by atoms with E-state index in [1.165, 1.54) is 25.1 Å². The number of fused-ring (bicyclic) bond motifs is 3. The second kappa shape index (κ2) is 12.7. The van der Waals surface area contributed by atoms with Gasteiger partial charge in [0.1, 0.15) is 22.8 Å². The van der Waals surface area contributed by atoms with E-state index in [2.05, 4.69) is 10.5 Å². The van der Waals surface area contributed by atoms with Crippen LogP contribution in [-0.4, -0.2) is 78.9 Å². The van der Waals surface area contributed by atoms with Gasteiger partial charge in [0.15, 0.2) is 12.1 Å². The molecule has 0 aromatic heterocycles. The first-order chi connectivity index (χ1) is 21.8. The topological polar surface area (TPSA) is 221 Å². The van der Waals surface area contributed by atoms with Gasteiger partial charge in [-0.15, -0.1) is 12.4 Å². The van der Waals surface area contributed by atoms with Gasteiger partial charge in [-0.05, 0) is 32.0 Å². The number of halogens is 1. The van der Waals surface area contributed by atoms with Crippen LogP contribution in [0, 0.1) is 0 Å². The number of aromatic hydroxyl groups is 3. The molecule has 6 atom stereocenters. The molecule has 8 N–H and O–H groups in total. The second-order valence-electron chi connectivity index (χ2n) is 11.9. The Kier molecular flexibility index (Phi) is 9.16. The van der Waals surface area contributed by atoms with Crippen molar-refractivity contribution in [1.29, 1.82) is 0 Å². The predicted molar refractivity (Wildman–Crippen MR) is 169 cm³/mol. The highest BCUT2D eigenvalue weighted by molar-refractivity contribution is 6.31. The van der Waals surface area contributed by atoms with Crippen LogP contribution in [0.2, 0.25) is 0 Å². The Morgan fingerprint density at radius 3 is 2.38 bits per heavy atom. The molecule has 0 radical (unpaired) electrons. The molecule has 3 aromatic carbocycles. The van der Waals surface area contributed by atoms with E-state index in [0.29, 0.717) is 5.56 Å². The molecule has 1 heterocycles. The Balaban J connectivity index is 0.00000433. The zero-order valence-electron chi connectivity index (χ0n) is 25.3. The number of rotatable bonds is 5. The molecule has 0 spiro atoms. The van der Waals surface area contributed by atoms with Gasteiger partial charge in [0.2, 0.25) is 5.78 Å². The minimum absolute atomic E-state index is 0. The fourth-order valence-electron chi connectivity index (χ4n) is 6.40. The lowest BCUT2D eigenvalue weighted by atomic mass is 9.72. The van der Waals surface area contributed by atoms with Crippen molar-refractivity contribution in [3.05, 3.63) is 87.5 Å². The summed E-state index contributed by atoms with van der Waals surface area (Å²) in [4.78, 5) is 39.9. The van der Waals surface area contributed by atoms with E-state index in [-0.39, 0.29) is 59.6 Å². The highest BCUT2D eigenvalue weighted by Crippen LogP contribution is 2.52. The Bertz CT molecular complexity index is 1790. The standard InChI is InChI=1S/C33H33N3O10.ClH/c1-14-27(38)19(34)11-22(45-14)46-21-13-33(44,15(2)35-36-32(43)16-7-4-3-5-8-16)12-18-24(21)31(42)26-25(29(18)40)28(39)17-9-6-10-20(37)23(17)30(26)41;/h3-10,14,19,21-22,27,37-38,40,42,44H,11-13,34H2,1-2H3,(H,36,43);1H/b35-15+;. The summed E-state index contributed by atoms with van der Waals surface area (Å²) in [6.45, 7) is 3.06. The van der Waals surface area contributed by atoms with E-state index in [0.717, 1.165) is 0 Å². The number of carbonyl (C=O) groups excluding carboxylic acids is 3. The number of ether oxygens (including phenoxy) is 2. The third-order valence-corrected chi connectivity index (χ3v) is 8.97. The van der Waals surface area contributed by atoms with Crippen LogP contribution in [0.1, 0.15) is 86.1 Å². The lowest BCUT2D eigenvalue weighted by Crippen LogP contribution is -2.52. The number of nitrogens with two attached hydrogens (primary N) is 1. The monoisotopic (exact) mass is 667 g/mol. The van der Waals surface area contributed by atoms with Crippen LogP contribution >= 0.6 is 12.4 Å². The van der Waals surface area contributed by atoms with Gasteiger partial charge in [-0.2, -0.15) is 5.10 Å². The number of nitrogens with one attached hydrogen (secondary N) is 1. The minimum atomic E-state index is -1.90. The third kappa shape index (κ3) is 5.75. The summed E-state index contributed by atoms with van der Waals surface area (Å²) in [5.41, 5.74) is 5.32. The van der Waals surface area contributed by atoms with Gasteiger partial charge in [0, 0.05) is 47.6 Å². The van der Waals surface area contributed by atoms with E-state index >= 15 is 0 Å². The number of nitrogens with zero attached hydrogens (tertiary/aromatic N) is 1. The van der Waals surface area contributed by atoms with Crippen molar-refractivity contribution >= 4 is 35.6 Å². The van der Waals surface area contributed by atoms with Crippen molar-refractivity contribution in [2.75, 3.05) is 0 Å². The van der Waals surface area contributed by atoms with Crippen LogP contribution in [0.3, 0.4) is 0 Å². The summed E-state index contributed by atoms with van der Waals surface area (Å²) in [6.07, 6.45) is -4.66. The summed E-state index contributed by atoms with van der Waals surface area (Å²) < 4.78 is 12.0. The van der Waals surface area contributed by atoms with Gasteiger partial charge in [0.05, 0.1) is 40.7 Å². The van der Waals surface area contributed by atoms with E-state index in [1.807, 2.05) is 0 Å². The summed E-state index contributed by atoms with van der Waals surface area (Å²) in [5.74, 6) is -4.03. The van der Waals surface area contributed by atoms with Crippen LogP contribution in [0.4, 0.5) is 0 Å². The van der Waals surface area contributed by atoms with Gasteiger partial charge in [-0.3, -0.25) is 14.4 Å². The smallest absolute Gasteiger partial charge is 0.271 e. The number of hydrogen-bond acceptors (Lipinski definition) is 12. The van der Waals surface area contributed by atoms with E-state index in [1.54, 1.807) is 37.3 Å². The van der Waals surface area contributed by atoms with Crippen LogP contribution in [0.25, 0.3) is 0 Å². The zero-order chi connectivity index (χ0) is 33.1. The number of amides is 1. The average Bonchev–Trinajstić information content (AvgIpc) is 3.02. The number of carbonyl (C=O) groups is 3. The maximum absolute atomic E-state index is 13.7. The van der Waals surface area contributed by atoms with Crippen molar-refractivity contribution in [1.82, 2.24) is 5.43 Å². The Hall–Kier alpha value is -4.37. The summed E-state index contributed by atoms with van der Waals surface area (Å²) in [6, 6.07) is 11.5. The molecule has 0 saturated carbocycles. The molecule has 3 aliphatic rings. The molecule has 1 saturated heterocycles. The first kappa shape index (κ1) is 34.0. The quantitative estimate of drug-likeness (QED) is 0.0930. The number of benzene rings is 3. The molecular formula is C33H34ClN3O10. The second-order valence-corrected chi connectivity index (χ2v) is 11.9. The number of hydrazone groups is 1. The van der Waals surface area contributed by atoms with Crippen molar-refractivity contribution in [3.8, 4) is 17.2 Å². The van der Waals surface area contributed by atoms with E-state index in [9.17, 15) is 39.9 Å². The average molecular weight is 668 g/mol. The number of phenolic OH excluding ortho intramolecular Hbond substituents is 3. The molecule has 3 aromatic rings. The van der Waals surface area contributed by atoms with Crippen molar-refractivity contribution < 1.29 is 49.4 Å². The first-order valence-corrected chi connectivity index (χ1v) is 14.7. The Morgan fingerprint density at radius 1 is 1.02 bits per heavy atom. The number of aliphatic hydroxyl groups excluding tert-OH is 1. The SMILES string of the molecule is C/C(=N\NC(=O)c1ccccc1)C1(O)Cc2c(O)c3c(c(O)c2C(OC2CC(N)C(O)C(C)O2)C1)C(=O)c1c(O)cccc1C3=O.Cl. The van der Waals surface area contributed by atoms with Crippen LogP contribution < -0.4 is 11.2 Å². The van der Waals surface area contributed by atoms with Crippen molar-refractivity contribution in [3.63, 3.8) is 0 Å². The normalized spacial score (nSPS) is 26.8. The highest BCUT2D eigenvalue weighted by atomic mass is 35.5. The van der Waals surface area contributed by atoms with Gasteiger partial charge in [-0.1, -0.05) is 30.3 Å². The lowest BCUT2D eigenvalue weighted by Gasteiger charge is -2.42. The van der Waals surface area contributed by atoms with Crippen LogP contribution in [0.5, 0.6) is 17.2 Å². The van der Waals surface area contributed by atoms with Gasteiger partial charge >= 0.3 is 0 Å². The molecule has 6 unspecified atom stereocenters. The molecule has 13 nitrogen and oxygen atoms in total. The maximum atomic E-state index is 13.7. The third-order valence-electron chi connectivity index (χ3n) is 8.97. The van der Waals surface area contributed by atoms with Gasteiger partial charge in [0.25, 0.3) is 5.91 Å². The Morgan fingerprint density at radius 2 is 1.70 bits per heavy atom. The van der Waals surface area contributed by atoms with E-state index in [4.69, 9.17) is 15.2 Å². The van der Waals surface area contributed by atoms with Gasteiger partial charge < -0.3 is 40.7 Å². The number of hydrogen-bond donors (Lipinski definition) is 7. The molecular weight excluding hydrogens is 634 g/mol.